The Bertz CT molecular complexity index is 421. The Morgan fingerprint density at radius 3 is 2.76 bits per heavy atom. The van der Waals surface area contributed by atoms with Gasteiger partial charge in [0.25, 0.3) is 0 Å². The lowest BCUT2D eigenvalue weighted by molar-refractivity contribution is -0.136. The van der Waals surface area contributed by atoms with E-state index < -0.39 is 5.97 Å². The van der Waals surface area contributed by atoms with E-state index in [2.05, 4.69) is 6.58 Å². The summed E-state index contributed by atoms with van der Waals surface area (Å²) in [5.74, 6) is -0.850. The van der Waals surface area contributed by atoms with Crippen LogP contribution in [0.15, 0.2) is 30.9 Å². The number of anilines is 1. The standard InChI is InChI=1S/C12H13Cl2NO2/c1-2-6-15(7-5-12(16)17)11-8-9(13)3-4-10(11)14/h2-4,8H,1,5-7H2,(H,16,17). The lowest BCUT2D eigenvalue weighted by Gasteiger charge is -2.23. The van der Waals surface area contributed by atoms with Crippen molar-refractivity contribution >= 4 is 34.9 Å². The average molecular weight is 274 g/mol. The predicted octanol–water partition coefficient (Wildman–Crippen LogP) is 3.46. The molecule has 3 nitrogen and oxygen atoms in total. The van der Waals surface area contributed by atoms with Gasteiger partial charge >= 0.3 is 5.97 Å². The summed E-state index contributed by atoms with van der Waals surface area (Å²) >= 11 is 12.0. The Kier molecular flexibility index (Phi) is 5.32. The fourth-order valence-electron chi connectivity index (χ4n) is 1.42. The van der Waals surface area contributed by atoms with E-state index in [1.54, 1.807) is 24.3 Å². The fraction of sp³-hybridized carbons (Fsp3) is 0.250. The summed E-state index contributed by atoms with van der Waals surface area (Å²) in [5.41, 5.74) is 0.723. The Morgan fingerprint density at radius 2 is 2.18 bits per heavy atom. The first-order valence-electron chi connectivity index (χ1n) is 5.07. The molecular formula is C12H13Cl2NO2. The van der Waals surface area contributed by atoms with Crippen LogP contribution in [0.1, 0.15) is 6.42 Å². The number of nitrogens with zero attached hydrogens (tertiary/aromatic N) is 1. The first kappa shape index (κ1) is 13.9. The van der Waals surface area contributed by atoms with Gasteiger partial charge in [-0.1, -0.05) is 29.3 Å². The van der Waals surface area contributed by atoms with Crippen molar-refractivity contribution in [2.24, 2.45) is 0 Å². The molecule has 1 aromatic rings. The minimum atomic E-state index is -0.850. The molecule has 0 aliphatic carbocycles. The van der Waals surface area contributed by atoms with E-state index in [0.29, 0.717) is 23.1 Å². The fourth-order valence-corrected chi connectivity index (χ4v) is 1.83. The van der Waals surface area contributed by atoms with E-state index >= 15 is 0 Å². The molecule has 0 unspecified atom stereocenters. The Hall–Kier alpha value is -1.19. The topological polar surface area (TPSA) is 40.5 Å². The van der Waals surface area contributed by atoms with E-state index in [9.17, 15) is 4.79 Å². The van der Waals surface area contributed by atoms with Gasteiger partial charge in [0.15, 0.2) is 0 Å². The van der Waals surface area contributed by atoms with Gasteiger partial charge in [0.2, 0.25) is 0 Å². The summed E-state index contributed by atoms with van der Waals surface area (Å²) < 4.78 is 0. The second kappa shape index (κ2) is 6.52. The zero-order valence-corrected chi connectivity index (χ0v) is 10.7. The maximum absolute atomic E-state index is 10.6. The number of halogens is 2. The van der Waals surface area contributed by atoms with Crippen molar-refractivity contribution < 1.29 is 9.90 Å². The molecule has 0 spiro atoms. The predicted molar refractivity (Wildman–Crippen MR) is 71.1 cm³/mol. The summed E-state index contributed by atoms with van der Waals surface area (Å²) in [6.45, 7) is 4.52. The molecule has 0 heterocycles. The van der Waals surface area contributed by atoms with Crippen LogP contribution in [-0.4, -0.2) is 24.2 Å². The Balaban J connectivity index is 2.91. The highest BCUT2D eigenvalue weighted by molar-refractivity contribution is 6.35. The molecule has 0 aliphatic rings. The summed E-state index contributed by atoms with van der Waals surface area (Å²) in [4.78, 5) is 12.4. The second-order valence-electron chi connectivity index (χ2n) is 3.47. The minimum absolute atomic E-state index is 0.0384. The first-order valence-corrected chi connectivity index (χ1v) is 5.83. The third kappa shape index (κ3) is 4.29. The zero-order chi connectivity index (χ0) is 12.8. The van der Waals surface area contributed by atoms with Crippen molar-refractivity contribution in [1.82, 2.24) is 0 Å². The van der Waals surface area contributed by atoms with Crippen molar-refractivity contribution in [2.75, 3.05) is 18.0 Å². The molecule has 1 aromatic carbocycles. The van der Waals surface area contributed by atoms with Crippen LogP contribution in [-0.2, 0) is 4.79 Å². The number of carboxylic acid groups (broad SMARTS) is 1. The van der Waals surface area contributed by atoms with E-state index in [1.165, 1.54) is 0 Å². The SMILES string of the molecule is C=CCN(CCC(=O)O)c1cc(Cl)ccc1Cl. The van der Waals surface area contributed by atoms with E-state index in [-0.39, 0.29) is 6.42 Å². The first-order chi connectivity index (χ1) is 8.04. The highest BCUT2D eigenvalue weighted by Gasteiger charge is 2.11. The quantitative estimate of drug-likeness (QED) is 0.807. The van der Waals surface area contributed by atoms with Crippen molar-refractivity contribution in [2.45, 2.75) is 6.42 Å². The summed E-state index contributed by atoms with van der Waals surface area (Å²) in [6.07, 6.45) is 1.73. The maximum Gasteiger partial charge on any atom is 0.305 e. The molecule has 0 radical (unpaired) electrons. The highest BCUT2D eigenvalue weighted by atomic mass is 35.5. The van der Waals surface area contributed by atoms with Gasteiger partial charge in [-0.3, -0.25) is 4.79 Å². The largest absolute Gasteiger partial charge is 0.481 e. The zero-order valence-electron chi connectivity index (χ0n) is 9.20. The van der Waals surface area contributed by atoms with Gasteiger partial charge in [-0.15, -0.1) is 6.58 Å². The highest BCUT2D eigenvalue weighted by Crippen LogP contribution is 2.29. The molecule has 0 aromatic heterocycles. The van der Waals surface area contributed by atoms with Gasteiger partial charge < -0.3 is 10.0 Å². The van der Waals surface area contributed by atoms with Crippen LogP contribution in [0.25, 0.3) is 0 Å². The normalized spacial score (nSPS) is 10.0. The molecule has 0 saturated heterocycles. The number of hydrogen-bond acceptors (Lipinski definition) is 2. The number of carboxylic acids is 1. The molecule has 0 amide bonds. The lowest BCUT2D eigenvalue weighted by Crippen LogP contribution is -2.26. The second-order valence-corrected chi connectivity index (χ2v) is 4.32. The van der Waals surface area contributed by atoms with Crippen LogP contribution in [0.3, 0.4) is 0 Å². The van der Waals surface area contributed by atoms with Crippen LogP contribution in [0.5, 0.6) is 0 Å². The molecule has 1 rings (SSSR count). The van der Waals surface area contributed by atoms with Crippen LogP contribution in [0.4, 0.5) is 5.69 Å². The lowest BCUT2D eigenvalue weighted by atomic mass is 10.2. The van der Waals surface area contributed by atoms with Crippen molar-refractivity contribution in [3.8, 4) is 0 Å². The number of rotatable bonds is 6. The van der Waals surface area contributed by atoms with Crippen molar-refractivity contribution in [1.29, 1.82) is 0 Å². The number of carbonyl (C=O) groups is 1. The molecule has 0 aliphatic heterocycles. The van der Waals surface area contributed by atoms with Gasteiger partial charge in [-0.05, 0) is 18.2 Å². The third-order valence-corrected chi connectivity index (χ3v) is 2.75. The molecular weight excluding hydrogens is 261 g/mol. The molecule has 0 atom stereocenters. The number of hydrogen-bond donors (Lipinski definition) is 1. The summed E-state index contributed by atoms with van der Waals surface area (Å²) in [7, 11) is 0. The van der Waals surface area contributed by atoms with E-state index in [1.807, 2.05) is 4.90 Å². The number of benzene rings is 1. The van der Waals surface area contributed by atoms with E-state index in [4.69, 9.17) is 28.3 Å². The summed E-state index contributed by atoms with van der Waals surface area (Å²) in [6, 6.07) is 5.10. The van der Waals surface area contributed by atoms with Crippen LogP contribution in [0, 0.1) is 0 Å². The van der Waals surface area contributed by atoms with Gasteiger partial charge in [-0.25, -0.2) is 0 Å². The molecule has 0 fully saturated rings. The molecule has 0 saturated carbocycles. The van der Waals surface area contributed by atoms with E-state index in [0.717, 1.165) is 5.69 Å². The van der Waals surface area contributed by atoms with Crippen molar-refractivity contribution in [3.63, 3.8) is 0 Å². The maximum atomic E-state index is 10.6. The summed E-state index contributed by atoms with van der Waals surface area (Å²) in [5, 5.41) is 9.80. The van der Waals surface area contributed by atoms with Gasteiger partial charge in [0.1, 0.15) is 0 Å². The molecule has 17 heavy (non-hydrogen) atoms. The molecule has 92 valence electrons. The van der Waals surface area contributed by atoms with Gasteiger partial charge in [-0.2, -0.15) is 0 Å². The number of aliphatic carboxylic acids is 1. The van der Waals surface area contributed by atoms with Crippen LogP contribution >= 0.6 is 23.2 Å². The third-order valence-electron chi connectivity index (χ3n) is 2.19. The minimum Gasteiger partial charge on any atom is -0.481 e. The molecule has 1 N–H and O–H groups in total. The van der Waals surface area contributed by atoms with Gasteiger partial charge in [0.05, 0.1) is 17.1 Å². The Labute approximate surface area is 110 Å². The molecule has 0 bridgehead atoms. The molecule has 5 heteroatoms. The van der Waals surface area contributed by atoms with Crippen molar-refractivity contribution in [3.05, 3.63) is 40.9 Å². The van der Waals surface area contributed by atoms with Crippen LogP contribution in [0.2, 0.25) is 10.0 Å². The Morgan fingerprint density at radius 1 is 1.47 bits per heavy atom. The smallest absolute Gasteiger partial charge is 0.305 e. The average Bonchev–Trinajstić information content (AvgIpc) is 2.27. The van der Waals surface area contributed by atoms with Crippen LogP contribution < -0.4 is 4.90 Å². The monoisotopic (exact) mass is 273 g/mol. The van der Waals surface area contributed by atoms with Gasteiger partial charge in [0, 0.05) is 18.1 Å².